The SMILES string of the molecule is CC(C)(C)c1cc2c(s1)C(=O)N(c1cccc(-c3nc(N)nc(Nc4ccc(CN5CCOCC5)cc4)n3)c1CO)C2. The molecule has 0 atom stereocenters. The monoisotopic (exact) mass is 585 g/mol. The Kier molecular flexibility index (Phi) is 7.67. The fraction of sp³-hybridized carbons (Fsp3) is 0.355. The van der Waals surface area contributed by atoms with Crippen LogP contribution in [0.15, 0.2) is 48.5 Å². The number of rotatable bonds is 7. The molecule has 2 aliphatic heterocycles. The van der Waals surface area contributed by atoms with Crippen LogP contribution in [0.4, 0.5) is 23.3 Å². The predicted molar refractivity (Wildman–Crippen MR) is 165 cm³/mol. The average Bonchev–Trinajstić information content (AvgIpc) is 3.53. The van der Waals surface area contributed by atoms with Crippen LogP contribution in [-0.2, 0) is 29.8 Å². The normalized spacial score (nSPS) is 15.7. The predicted octanol–water partition coefficient (Wildman–Crippen LogP) is 4.71. The van der Waals surface area contributed by atoms with Gasteiger partial charge in [0.25, 0.3) is 5.91 Å². The summed E-state index contributed by atoms with van der Waals surface area (Å²) in [6, 6.07) is 15.7. The molecule has 1 amide bonds. The van der Waals surface area contributed by atoms with Gasteiger partial charge in [0.2, 0.25) is 11.9 Å². The smallest absolute Gasteiger partial charge is 0.269 e. The van der Waals surface area contributed by atoms with Gasteiger partial charge in [-0.3, -0.25) is 9.69 Å². The number of thiophene rings is 1. The van der Waals surface area contributed by atoms with E-state index in [4.69, 9.17) is 10.5 Å². The minimum absolute atomic E-state index is 0.0222. The third-order valence-corrected chi connectivity index (χ3v) is 9.12. The lowest BCUT2D eigenvalue weighted by Crippen LogP contribution is -2.35. The molecule has 218 valence electrons. The second-order valence-corrected chi connectivity index (χ2v) is 12.7. The molecule has 0 bridgehead atoms. The van der Waals surface area contributed by atoms with Crippen molar-refractivity contribution in [2.24, 2.45) is 0 Å². The summed E-state index contributed by atoms with van der Waals surface area (Å²) in [7, 11) is 0. The summed E-state index contributed by atoms with van der Waals surface area (Å²) in [6.07, 6.45) is 0. The number of hydrogen-bond donors (Lipinski definition) is 3. The number of hydrogen-bond acceptors (Lipinski definition) is 10. The molecule has 1 saturated heterocycles. The van der Waals surface area contributed by atoms with Crippen LogP contribution >= 0.6 is 11.3 Å². The number of nitrogens with two attached hydrogens (primary N) is 1. The molecule has 0 spiro atoms. The van der Waals surface area contributed by atoms with E-state index in [0.29, 0.717) is 35.1 Å². The minimum atomic E-state index is -0.296. The van der Waals surface area contributed by atoms with E-state index in [1.54, 1.807) is 16.2 Å². The number of ether oxygens (including phenoxy) is 1. The molecular formula is C31H35N7O3S. The van der Waals surface area contributed by atoms with E-state index >= 15 is 0 Å². The second-order valence-electron chi connectivity index (χ2n) is 11.6. The first-order valence-corrected chi connectivity index (χ1v) is 14.9. The Balaban J connectivity index is 1.24. The van der Waals surface area contributed by atoms with Crippen LogP contribution in [0, 0.1) is 0 Å². The molecule has 4 heterocycles. The first-order chi connectivity index (χ1) is 20.2. The van der Waals surface area contributed by atoms with Gasteiger partial charge in [-0.25, -0.2) is 0 Å². The highest BCUT2D eigenvalue weighted by Crippen LogP contribution is 2.41. The lowest BCUT2D eigenvalue weighted by Gasteiger charge is -2.26. The highest BCUT2D eigenvalue weighted by atomic mass is 32.1. The van der Waals surface area contributed by atoms with Crippen LogP contribution in [0.5, 0.6) is 0 Å². The zero-order valence-corrected chi connectivity index (χ0v) is 24.9. The zero-order chi connectivity index (χ0) is 29.4. The van der Waals surface area contributed by atoms with Crippen LogP contribution in [0.2, 0.25) is 0 Å². The maximum absolute atomic E-state index is 13.5. The van der Waals surface area contributed by atoms with Gasteiger partial charge in [-0.2, -0.15) is 15.0 Å². The highest BCUT2D eigenvalue weighted by Gasteiger charge is 2.34. The van der Waals surface area contributed by atoms with Crippen LogP contribution in [0.25, 0.3) is 11.4 Å². The summed E-state index contributed by atoms with van der Waals surface area (Å²) in [6.45, 7) is 10.9. The van der Waals surface area contributed by atoms with Gasteiger partial charge in [0.05, 0.1) is 36.9 Å². The van der Waals surface area contributed by atoms with Crippen molar-refractivity contribution in [1.29, 1.82) is 0 Å². The maximum atomic E-state index is 13.5. The number of nitrogen functional groups attached to an aromatic ring is 1. The summed E-state index contributed by atoms with van der Waals surface area (Å²) in [5.41, 5.74) is 10.9. The van der Waals surface area contributed by atoms with Crippen molar-refractivity contribution >= 4 is 40.5 Å². The van der Waals surface area contributed by atoms with Gasteiger partial charge in [-0.1, -0.05) is 45.0 Å². The van der Waals surface area contributed by atoms with Crippen molar-refractivity contribution in [1.82, 2.24) is 19.9 Å². The number of nitrogens with one attached hydrogen (secondary N) is 1. The number of morpholine rings is 1. The van der Waals surface area contributed by atoms with Crippen molar-refractivity contribution in [3.05, 3.63) is 75.0 Å². The molecule has 2 aliphatic rings. The minimum Gasteiger partial charge on any atom is -0.392 e. The number of aliphatic hydroxyl groups excluding tert-OH is 1. The fourth-order valence-corrected chi connectivity index (χ4v) is 6.45. The first-order valence-electron chi connectivity index (χ1n) is 14.1. The third-order valence-electron chi connectivity index (χ3n) is 7.53. The number of carbonyl (C=O) groups is 1. The molecule has 2 aromatic carbocycles. The van der Waals surface area contributed by atoms with Gasteiger partial charge in [-0.05, 0) is 40.8 Å². The van der Waals surface area contributed by atoms with Crippen LogP contribution in [-0.4, -0.2) is 57.2 Å². The molecule has 0 unspecified atom stereocenters. The van der Waals surface area contributed by atoms with Crippen molar-refractivity contribution in [3.63, 3.8) is 0 Å². The molecule has 1 fully saturated rings. The largest absolute Gasteiger partial charge is 0.392 e. The number of nitrogens with zero attached hydrogens (tertiary/aromatic N) is 5. The number of fused-ring (bicyclic) bond motifs is 1. The number of carbonyl (C=O) groups excluding carboxylic acids is 1. The quantitative estimate of drug-likeness (QED) is 0.282. The second kappa shape index (κ2) is 11.4. The van der Waals surface area contributed by atoms with Crippen molar-refractivity contribution in [2.75, 3.05) is 42.3 Å². The van der Waals surface area contributed by atoms with E-state index in [9.17, 15) is 9.90 Å². The molecule has 0 radical (unpaired) electrons. The Hall–Kier alpha value is -3.90. The molecule has 11 heteroatoms. The van der Waals surface area contributed by atoms with Crippen LogP contribution in [0.3, 0.4) is 0 Å². The van der Waals surface area contributed by atoms with E-state index in [1.807, 2.05) is 30.3 Å². The van der Waals surface area contributed by atoms with Gasteiger partial charge in [0, 0.05) is 41.3 Å². The Morgan fingerprint density at radius 2 is 1.83 bits per heavy atom. The number of anilines is 4. The van der Waals surface area contributed by atoms with E-state index in [0.717, 1.165) is 49.0 Å². The number of aromatic nitrogens is 3. The molecule has 10 nitrogen and oxygen atoms in total. The summed E-state index contributed by atoms with van der Waals surface area (Å²) in [5, 5.41) is 13.7. The van der Waals surface area contributed by atoms with Gasteiger partial charge in [-0.15, -0.1) is 11.3 Å². The Morgan fingerprint density at radius 3 is 2.52 bits per heavy atom. The van der Waals surface area contributed by atoms with E-state index in [2.05, 4.69) is 64.1 Å². The van der Waals surface area contributed by atoms with Crippen molar-refractivity contribution in [2.45, 2.75) is 45.9 Å². The summed E-state index contributed by atoms with van der Waals surface area (Å²) in [4.78, 5) is 32.8. The molecule has 2 aromatic heterocycles. The van der Waals surface area contributed by atoms with Crippen LogP contribution < -0.4 is 16.0 Å². The Labute approximate surface area is 249 Å². The topological polar surface area (TPSA) is 130 Å². The maximum Gasteiger partial charge on any atom is 0.269 e. The molecule has 4 aromatic rings. The highest BCUT2D eigenvalue weighted by molar-refractivity contribution is 7.14. The lowest BCUT2D eigenvalue weighted by molar-refractivity contribution is 0.0342. The van der Waals surface area contributed by atoms with Gasteiger partial charge < -0.3 is 25.8 Å². The first kappa shape index (κ1) is 28.2. The Morgan fingerprint density at radius 1 is 1.07 bits per heavy atom. The van der Waals surface area contributed by atoms with E-state index < -0.39 is 0 Å². The van der Waals surface area contributed by atoms with Gasteiger partial charge in [0.1, 0.15) is 0 Å². The van der Waals surface area contributed by atoms with Gasteiger partial charge in [0.15, 0.2) is 5.82 Å². The van der Waals surface area contributed by atoms with Crippen molar-refractivity contribution < 1.29 is 14.6 Å². The summed E-state index contributed by atoms with van der Waals surface area (Å²) >= 11 is 1.54. The average molecular weight is 586 g/mol. The molecule has 4 N–H and O–H groups in total. The van der Waals surface area contributed by atoms with E-state index in [-0.39, 0.29) is 23.9 Å². The fourth-order valence-electron chi connectivity index (χ4n) is 5.27. The summed E-state index contributed by atoms with van der Waals surface area (Å²) < 4.78 is 5.44. The van der Waals surface area contributed by atoms with Gasteiger partial charge >= 0.3 is 0 Å². The molecule has 42 heavy (non-hydrogen) atoms. The standard InChI is InChI=1S/C31H35N7O3S/c1-31(2,3)25-15-20-17-38(28(40)26(20)42-25)24-6-4-5-22(23(24)18-39)27-34-29(32)36-30(35-27)33-21-9-7-19(8-10-21)16-37-11-13-41-14-12-37/h4-10,15,39H,11-14,16-18H2,1-3H3,(H3,32,33,34,35,36). The third kappa shape index (κ3) is 5.73. The zero-order valence-electron chi connectivity index (χ0n) is 24.1. The summed E-state index contributed by atoms with van der Waals surface area (Å²) in [5.74, 6) is 0.597. The molecular weight excluding hydrogens is 550 g/mol. The van der Waals surface area contributed by atoms with E-state index in [1.165, 1.54) is 10.4 Å². The number of amides is 1. The van der Waals surface area contributed by atoms with Crippen molar-refractivity contribution in [3.8, 4) is 11.4 Å². The lowest BCUT2D eigenvalue weighted by atomic mass is 9.94. The van der Waals surface area contributed by atoms with Crippen LogP contribution in [0.1, 0.15) is 52.0 Å². The molecule has 0 saturated carbocycles. The molecule has 6 rings (SSSR count). The Bertz CT molecular complexity index is 1610. The number of aliphatic hydroxyl groups is 1. The number of benzene rings is 2. The molecule has 0 aliphatic carbocycles.